The van der Waals surface area contributed by atoms with Gasteiger partial charge in [0, 0.05) is 37.2 Å². The van der Waals surface area contributed by atoms with Crippen LogP contribution in [0.1, 0.15) is 5.56 Å². The number of hydrogen-bond donors (Lipinski definition) is 0. The van der Waals surface area contributed by atoms with E-state index in [4.69, 9.17) is 4.98 Å². The zero-order chi connectivity index (χ0) is 30.2. The minimum absolute atomic E-state index is 0. The number of fused-ring (bicyclic) bond motifs is 8. The Labute approximate surface area is 283 Å². The van der Waals surface area contributed by atoms with Crippen molar-refractivity contribution in [3.63, 3.8) is 0 Å². The van der Waals surface area contributed by atoms with Gasteiger partial charge in [0.1, 0.15) is 0 Å². The summed E-state index contributed by atoms with van der Waals surface area (Å²) < 4.78 is 2.55. The summed E-state index contributed by atoms with van der Waals surface area (Å²) in [4.78, 5) is 8.98. The molecule has 3 aromatic heterocycles. The van der Waals surface area contributed by atoms with Crippen molar-refractivity contribution in [1.29, 1.82) is 5.26 Å². The third kappa shape index (κ3) is 5.34. The number of pyridine rings is 2. The second-order valence-electron chi connectivity index (χ2n) is 10.7. The number of nitriles is 1. The molecule has 0 bridgehead atoms. The van der Waals surface area contributed by atoms with E-state index >= 15 is 0 Å². The van der Waals surface area contributed by atoms with Gasteiger partial charge in [-0.15, -0.1) is 59.7 Å². The average Bonchev–Trinajstić information content (AvgIpc) is 3.50. The molecule has 0 aliphatic heterocycles. The zero-order valence-corrected chi connectivity index (χ0v) is 27.6. The first-order chi connectivity index (χ1) is 22.3. The molecule has 0 amide bonds. The van der Waals surface area contributed by atoms with Crippen LogP contribution in [0, 0.1) is 23.5 Å². The molecule has 46 heavy (non-hydrogen) atoms. The van der Waals surface area contributed by atoms with Crippen molar-refractivity contribution in [2.45, 2.75) is 0 Å². The van der Waals surface area contributed by atoms with Gasteiger partial charge in [-0.25, -0.2) is 0 Å². The Kier molecular flexibility index (Phi) is 8.09. The first-order valence-corrected chi connectivity index (χ1v) is 15.4. The monoisotopic (exact) mass is 782 g/mol. The van der Waals surface area contributed by atoms with E-state index in [0.29, 0.717) is 5.56 Å². The van der Waals surface area contributed by atoms with E-state index < -0.39 is 0 Å². The fraction of sp³-hybridized carbons (Fsp3) is 0. The molecule has 9 rings (SSSR count). The van der Waals surface area contributed by atoms with Crippen LogP contribution in [-0.2, 0) is 20.1 Å². The Morgan fingerprint density at radius 1 is 0.565 bits per heavy atom. The van der Waals surface area contributed by atoms with Crippen molar-refractivity contribution in [1.82, 2.24) is 9.97 Å². The second-order valence-corrected chi connectivity index (χ2v) is 11.8. The fourth-order valence-electron chi connectivity index (χ4n) is 5.97. The Morgan fingerprint density at radius 3 is 2.20 bits per heavy atom. The van der Waals surface area contributed by atoms with Crippen LogP contribution < -0.4 is 0 Å². The van der Waals surface area contributed by atoms with Crippen LogP contribution in [0.5, 0.6) is 0 Å². The van der Waals surface area contributed by atoms with Crippen LogP contribution in [0.2, 0.25) is 0 Å². The zero-order valence-electron chi connectivity index (χ0n) is 24.4. The van der Waals surface area contributed by atoms with Crippen LogP contribution in [0.4, 0.5) is 0 Å². The summed E-state index contributed by atoms with van der Waals surface area (Å²) in [6, 6.07) is 52.0. The van der Waals surface area contributed by atoms with Gasteiger partial charge in [0.2, 0.25) is 0 Å². The third-order valence-electron chi connectivity index (χ3n) is 8.10. The summed E-state index contributed by atoms with van der Waals surface area (Å²) in [6.45, 7) is 0. The molecule has 0 unspecified atom stereocenters. The smallest absolute Gasteiger partial charge is 0.0991 e. The first-order valence-electron chi connectivity index (χ1n) is 14.6. The summed E-state index contributed by atoms with van der Waals surface area (Å²) in [5, 5.41) is 18.7. The van der Waals surface area contributed by atoms with E-state index in [-0.39, 0.29) is 20.1 Å². The van der Waals surface area contributed by atoms with E-state index in [9.17, 15) is 5.26 Å². The van der Waals surface area contributed by atoms with Gasteiger partial charge in [0.15, 0.2) is 0 Å². The fourth-order valence-corrected chi connectivity index (χ4v) is 7.10. The van der Waals surface area contributed by atoms with Crippen molar-refractivity contribution in [3.05, 3.63) is 157 Å². The van der Waals surface area contributed by atoms with E-state index in [0.717, 1.165) is 38.7 Å². The molecule has 0 spiro atoms. The van der Waals surface area contributed by atoms with Crippen molar-refractivity contribution < 1.29 is 20.1 Å². The molecular weight excluding hydrogens is 759 g/mol. The molecule has 0 atom stereocenters. The van der Waals surface area contributed by atoms with Crippen molar-refractivity contribution in [2.75, 3.05) is 0 Å². The Morgan fingerprint density at radius 2 is 1.35 bits per heavy atom. The number of thiophene rings is 1. The number of nitrogens with zero attached hydrogens (tertiary/aromatic N) is 3. The maximum absolute atomic E-state index is 9.24. The number of hydrogen-bond acceptors (Lipinski definition) is 4. The molecule has 0 aliphatic rings. The second kappa shape index (κ2) is 12.6. The molecule has 0 aliphatic carbocycles. The molecule has 0 N–H and O–H groups in total. The van der Waals surface area contributed by atoms with Crippen LogP contribution in [0.25, 0.3) is 75.0 Å². The molecule has 6 aromatic carbocycles. The predicted octanol–water partition coefficient (Wildman–Crippen LogP) is 10.8. The average molecular weight is 782 g/mol. The van der Waals surface area contributed by atoms with Crippen LogP contribution >= 0.6 is 11.3 Å². The Bertz CT molecular complexity index is 2520. The van der Waals surface area contributed by atoms with Gasteiger partial charge >= 0.3 is 0 Å². The SMILES string of the molecule is N#Cc1ccc2c(ccc3c4ccnc(-c5[c-]cc6c(c5)sc5ccccc56)c4ccc23)c1.[Ir].[c-]1ccccc1-c1ccccn1. The summed E-state index contributed by atoms with van der Waals surface area (Å²) in [5.41, 5.74) is 4.66. The van der Waals surface area contributed by atoms with Crippen LogP contribution in [-0.4, -0.2) is 9.97 Å². The van der Waals surface area contributed by atoms with Gasteiger partial charge in [-0.3, -0.25) is 0 Å². The molecule has 3 nitrogen and oxygen atoms in total. The number of benzene rings is 6. The maximum Gasteiger partial charge on any atom is 0.0991 e. The topological polar surface area (TPSA) is 49.6 Å². The van der Waals surface area contributed by atoms with E-state index in [1.807, 2.05) is 78.2 Å². The van der Waals surface area contributed by atoms with Gasteiger partial charge < -0.3 is 9.97 Å². The number of aromatic nitrogens is 2. The van der Waals surface area contributed by atoms with Gasteiger partial charge in [-0.05, 0) is 84.1 Å². The molecule has 0 fully saturated rings. The standard InChI is InChI=1S/C30H15N2S.C11H8N.Ir/c31-17-18-5-8-21-19(15-18)6-9-23-22(21)11-12-27-24(23)13-14-32-30(27)20-7-10-26-25-3-1-2-4-28(25)33-29(26)16-20;1-2-6-10(7-3-1)11-8-4-5-9-12-11;/h1-6,8-16H;1-6,8-9H;/q2*-1;. The quantitative estimate of drug-likeness (QED) is 0.130. The minimum Gasteiger partial charge on any atom is -0.305 e. The molecule has 3 heterocycles. The Hall–Kier alpha value is -5.24. The molecule has 9 aromatic rings. The molecule has 0 saturated heterocycles. The van der Waals surface area contributed by atoms with Gasteiger partial charge in [0.05, 0.1) is 11.6 Å². The molecule has 5 heteroatoms. The summed E-state index contributed by atoms with van der Waals surface area (Å²) in [5.74, 6) is 0. The summed E-state index contributed by atoms with van der Waals surface area (Å²) in [6.07, 6.45) is 3.68. The van der Waals surface area contributed by atoms with Gasteiger partial charge in [-0.1, -0.05) is 66.0 Å². The van der Waals surface area contributed by atoms with Crippen molar-refractivity contribution in [2.24, 2.45) is 0 Å². The number of rotatable bonds is 2. The third-order valence-corrected chi connectivity index (χ3v) is 9.24. The van der Waals surface area contributed by atoms with Crippen LogP contribution in [0.3, 0.4) is 0 Å². The summed E-state index contributed by atoms with van der Waals surface area (Å²) in [7, 11) is 0. The van der Waals surface area contributed by atoms with Crippen molar-refractivity contribution >= 4 is 63.8 Å². The van der Waals surface area contributed by atoms with E-state index in [2.05, 4.69) is 89.9 Å². The summed E-state index contributed by atoms with van der Waals surface area (Å²) >= 11 is 1.81. The first kappa shape index (κ1) is 29.5. The normalized spacial score (nSPS) is 10.8. The largest absolute Gasteiger partial charge is 0.305 e. The maximum atomic E-state index is 9.24. The minimum atomic E-state index is 0. The van der Waals surface area contributed by atoms with Gasteiger partial charge in [0.25, 0.3) is 0 Å². The van der Waals surface area contributed by atoms with E-state index in [1.165, 1.54) is 36.3 Å². The van der Waals surface area contributed by atoms with Crippen molar-refractivity contribution in [3.8, 4) is 28.6 Å². The van der Waals surface area contributed by atoms with Crippen LogP contribution in [0.15, 0.2) is 140 Å². The molecule has 219 valence electrons. The Balaban J connectivity index is 0.000000220. The molecule has 1 radical (unpaired) electrons. The molecular formula is C41H23IrN3S-2. The van der Waals surface area contributed by atoms with E-state index in [1.54, 1.807) is 6.20 Å². The molecule has 0 saturated carbocycles. The van der Waals surface area contributed by atoms with Gasteiger partial charge in [-0.2, -0.15) is 16.6 Å². The predicted molar refractivity (Wildman–Crippen MR) is 187 cm³/mol.